The van der Waals surface area contributed by atoms with Crippen molar-refractivity contribution in [1.29, 1.82) is 0 Å². The molecule has 2 rings (SSSR count). The van der Waals surface area contributed by atoms with Crippen molar-refractivity contribution in [3.05, 3.63) is 30.2 Å². The average Bonchev–Trinajstić information content (AvgIpc) is 2.50. The molecule has 0 atom stereocenters. The first kappa shape index (κ1) is 9.29. The first-order valence-corrected chi connectivity index (χ1v) is 3.78. The molecule has 64 valence electrons. The van der Waals surface area contributed by atoms with Crippen molar-refractivity contribution in [3.63, 3.8) is 0 Å². The largest absolute Gasteiger partial charge is 0.221 e. The molecule has 0 spiro atoms. The normalized spacial score (nSPS) is 9.75. The Hall–Kier alpha value is -0.800. The van der Waals surface area contributed by atoms with Crippen LogP contribution in [-0.4, -0.2) is 14.6 Å². The Labute approximate surface area is 80.8 Å². The summed E-state index contributed by atoms with van der Waals surface area (Å²) in [5, 5.41) is 3.96. The number of alkyl halides is 1. The second-order valence-corrected chi connectivity index (χ2v) is 2.50. The van der Waals surface area contributed by atoms with Gasteiger partial charge in [0.15, 0.2) is 5.65 Å². The van der Waals surface area contributed by atoms with Crippen molar-refractivity contribution in [2.45, 2.75) is 5.88 Å². The summed E-state index contributed by atoms with van der Waals surface area (Å²) in [7, 11) is 0. The standard InChI is InChI=1S/C7H6ClN3.ClH/c8-4-6-1-2-11-7(3-6)9-5-10-11;/h1-3,5H,4H2;1H. The summed E-state index contributed by atoms with van der Waals surface area (Å²) in [5.74, 6) is 0.517. The van der Waals surface area contributed by atoms with E-state index in [9.17, 15) is 0 Å². The van der Waals surface area contributed by atoms with E-state index in [0.717, 1.165) is 11.2 Å². The number of hydrogen-bond acceptors (Lipinski definition) is 2. The fraction of sp³-hybridized carbons (Fsp3) is 0.143. The van der Waals surface area contributed by atoms with Gasteiger partial charge in [-0.1, -0.05) is 0 Å². The number of hydrogen-bond donors (Lipinski definition) is 0. The summed E-state index contributed by atoms with van der Waals surface area (Å²) in [6, 6.07) is 3.84. The minimum Gasteiger partial charge on any atom is -0.221 e. The van der Waals surface area contributed by atoms with E-state index in [4.69, 9.17) is 11.6 Å². The molecule has 0 aliphatic heterocycles. The molecule has 0 radical (unpaired) electrons. The second-order valence-electron chi connectivity index (χ2n) is 2.23. The third-order valence-electron chi connectivity index (χ3n) is 1.50. The topological polar surface area (TPSA) is 30.2 Å². The SMILES string of the molecule is Cl.ClCc1ccn2ncnc2c1. The number of fused-ring (bicyclic) bond motifs is 1. The maximum Gasteiger partial charge on any atom is 0.155 e. The van der Waals surface area contributed by atoms with Crippen LogP contribution in [0.4, 0.5) is 0 Å². The van der Waals surface area contributed by atoms with Crippen LogP contribution in [0.2, 0.25) is 0 Å². The molecule has 0 aliphatic carbocycles. The summed E-state index contributed by atoms with van der Waals surface area (Å²) in [6.45, 7) is 0. The van der Waals surface area contributed by atoms with Crippen molar-refractivity contribution < 1.29 is 0 Å². The Balaban J connectivity index is 0.000000720. The Bertz CT molecular complexity index is 371. The zero-order valence-corrected chi connectivity index (χ0v) is 7.72. The van der Waals surface area contributed by atoms with Crippen LogP contribution in [0.5, 0.6) is 0 Å². The van der Waals surface area contributed by atoms with Crippen LogP contribution in [0.3, 0.4) is 0 Å². The zero-order chi connectivity index (χ0) is 7.68. The smallest absolute Gasteiger partial charge is 0.155 e. The zero-order valence-electron chi connectivity index (χ0n) is 6.14. The first-order valence-electron chi connectivity index (χ1n) is 3.24. The van der Waals surface area contributed by atoms with E-state index in [1.807, 2.05) is 18.3 Å². The molecule has 0 N–H and O–H groups in total. The van der Waals surface area contributed by atoms with Crippen LogP contribution in [0, 0.1) is 0 Å². The van der Waals surface area contributed by atoms with E-state index in [1.54, 1.807) is 4.52 Å². The quantitative estimate of drug-likeness (QED) is 0.664. The van der Waals surface area contributed by atoms with Crippen LogP contribution in [0.1, 0.15) is 5.56 Å². The maximum atomic E-state index is 5.64. The average molecular weight is 204 g/mol. The van der Waals surface area contributed by atoms with Crippen LogP contribution >= 0.6 is 24.0 Å². The summed E-state index contributed by atoms with van der Waals surface area (Å²) in [5.41, 5.74) is 1.90. The fourth-order valence-corrected chi connectivity index (χ4v) is 1.11. The number of halogens is 2. The molecule has 12 heavy (non-hydrogen) atoms. The Morgan fingerprint density at radius 1 is 1.50 bits per heavy atom. The van der Waals surface area contributed by atoms with Gasteiger partial charge in [0.25, 0.3) is 0 Å². The van der Waals surface area contributed by atoms with Crippen molar-refractivity contribution in [1.82, 2.24) is 14.6 Å². The number of rotatable bonds is 1. The highest BCUT2D eigenvalue weighted by Crippen LogP contribution is 2.05. The monoisotopic (exact) mass is 203 g/mol. The summed E-state index contributed by atoms with van der Waals surface area (Å²) < 4.78 is 1.70. The van der Waals surface area contributed by atoms with E-state index in [2.05, 4.69) is 10.1 Å². The molecule has 0 aliphatic rings. The lowest BCUT2D eigenvalue weighted by atomic mass is 10.3. The predicted molar refractivity (Wildman–Crippen MR) is 49.8 cm³/mol. The van der Waals surface area contributed by atoms with Gasteiger partial charge in [0.2, 0.25) is 0 Å². The number of pyridine rings is 1. The Morgan fingerprint density at radius 2 is 2.33 bits per heavy atom. The van der Waals surface area contributed by atoms with E-state index < -0.39 is 0 Å². The molecule has 0 aromatic carbocycles. The van der Waals surface area contributed by atoms with Crippen molar-refractivity contribution >= 4 is 29.7 Å². The van der Waals surface area contributed by atoms with Crippen LogP contribution in [0.15, 0.2) is 24.7 Å². The van der Waals surface area contributed by atoms with Gasteiger partial charge in [-0.15, -0.1) is 24.0 Å². The molecule has 0 unspecified atom stereocenters. The van der Waals surface area contributed by atoms with Crippen molar-refractivity contribution in [2.75, 3.05) is 0 Å². The van der Waals surface area contributed by atoms with Gasteiger partial charge in [-0.05, 0) is 17.7 Å². The molecular formula is C7H7Cl2N3. The first-order chi connectivity index (χ1) is 5.40. The fourth-order valence-electron chi connectivity index (χ4n) is 0.941. The molecule has 3 nitrogen and oxygen atoms in total. The molecule has 0 saturated carbocycles. The molecule has 0 amide bonds. The van der Waals surface area contributed by atoms with Crippen molar-refractivity contribution in [3.8, 4) is 0 Å². The van der Waals surface area contributed by atoms with Gasteiger partial charge in [-0.2, -0.15) is 5.10 Å². The Morgan fingerprint density at radius 3 is 3.08 bits per heavy atom. The van der Waals surface area contributed by atoms with Crippen LogP contribution in [0.25, 0.3) is 5.65 Å². The summed E-state index contributed by atoms with van der Waals surface area (Å²) in [6.07, 6.45) is 3.37. The molecule has 5 heteroatoms. The molecule has 0 fully saturated rings. The maximum absolute atomic E-state index is 5.64. The minimum atomic E-state index is 0. The van der Waals surface area contributed by atoms with E-state index in [-0.39, 0.29) is 12.4 Å². The molecule has 2 aromatic rings. The molecule has 2 heterocycles. The van der Waals surface area contributed by atoms with Gasteiger partial charge in [-0.3, -0.25) is 0 Å². The molecule has 0 bridgehead atoms. The van der Waals surface area contributed by atoms with Gasteiger partial charge in [0.05, 0.1) is 0 Å². The lowest BCUT2D eigenvalue weighted by Gasteiger charge is -1.93. The number of nitrogens with zero attached hydrogens (tertiary/aromatic N) is 3. The molecular weight excluding hydrogens is 197 g/mol. The van der Waals surface area contributed by atoms with Gasteiger partial charge < -0.3 is 0 Å². The van der Waals surface area contributed by atoms with Gasteiger partial charge in [0.1, 0.15) is 6.33 Å². The minimum absolute atomic E-state index is 0. The second kappa shape index (κ2) is 3.74. The Kier molecular flexibility index (Phi) is 2.89. The molecule has 0 saturated heterocycles. The molecule has 2 aromatic heterocycles. The van der Waals surface area contributed by atoms with E-state index >= 15 is 0 Å². The van der Waals surface area contributed by atoms with E-state index in [0.29, 0.717) is 5.88 Å². The predicted octanol–water partition coefficient (Wildman–Crippen LogP) is 1.89. The lowest BCUT2D eigenvalue weighted by molar-refractivity contribution is 0.957. The third kappa shape index (κ3) is 1.52. The highest BCUT2D eigenvalue weighted by Gasteiger charge is 1.95. The lowest BCUT2D eigenvalue weighted by Crippen LogP contribution is -1.87. The van der Waals surface area contributed by atoms with Crippen LogP contribution in [-0.2, 0) is 5.88 Å². The van der Waals surface area contributed by atoms with E-state index in [1.165, 1.54) is 6.33 Å². The van der Waals surface area contributed by atoms with Crippen molar-refractivity contribution in [2.24, 2.45) is 0 Å². The highest BCUT2D eigenvalue weighted by atomic mass is 35.5. The van der Waals surface area contributed by atoms with Crippen LogP contribution < -0.4 is 0 Å². The van der Waals surface area contributed by atoms with Gasteiger partial charge >= 0.3 is 0 Å². The van der Waals surface area contributed by atoms with Gasteiger partial charge in [0, 0.05) is 12.1 Å². The number of aromatic nitrogens is 3. The highest BCUT2D eigenvalue weighted by molar-refractivity contribution is 6.17. The summed E-state index contributed by atoms with van der Waals surface area (Å²) in [4.78, 5) is 4.02. The third-order valence-corrected chi connectivity index (χ3v) is 1.81. The van der Waals surface area contributed by atoms with Gasteiger partial charge in [-0.25, -0.2) is 9.50 Å². The summed E-state index contributed by atoms with van der Waals surface area (Å²) >= 11 is 5.64.